The van der Waals surface area contributed by atoms with E-state index in [1.807, 2.05) is 0 Å². The quantitative estimate of drug-likeness (QED) is 0.415. The minimum absolute atomic E-state index is 0.263. The van der Waals surface area contributed by atoms with Crippen molar-refractivity contribution >= 4 is 17.7 Å². The molecule has 1 unspecified atom stereocenters. The molecule has 1 aliphatic heterocycles. The van der Waals surface area contributed by atoms with Crippen molar-refractivity contribution in [3.63, 3.8) is 0 Å². The zero-order chi connectivity index (χ0) is 12.1. The Kier molecular flexibility index (Phi) is 3.99. The van der Waals surface area contributed by atoms with E-state index in [9.17, 15) is 14.4 Å². The molecule has 0 saturated carbocycles. The highest BCUT2D eigenvalue weighted by molar-refractivity contribution is 6.02. The van der Waals surface area contributed by atoms with E-state index < -0.39 is 11.9 Å². The Labute approximate surface area is 93.8 Å². The first-order valence-corrected chi connectivity index (χ1v) is 4.96. The maximum absolute atomic E-state index is 11.6. The van der Waals surface area contributed by atoms with Gasteiger partial charge >= 0.3 is 0 Å². The molecule has 1 heterocycles. The Morgan fingerprint density at radius 3 is 2.81 bits per heavy atom. The average molecular weight is 222 g/mol. The van der Waals surface area contributed by atoms with Crippen molar-refractivity contribution < 1.29 is 14.4 Å². The molecule has 1 N–H and O–H groups in total. The number of nitrogens with zero attached hydrogens (tertiary/aromatic N) is 1. The smallest absolute Gasteiger partial charge is 0.249 e. The van der Waals surface area contributed by atoms with Gasteiger partial charge in [-0.05, 0) is 6.42 Å². The van der Waals surface area contributed by atoms with Crippen LogP contribution >= 0.6 is 0 Å². The third kappa shape index (κ3) is 2.79. The second-order valence-corrected chi connectivity index (χ2v) is 3.51. The summed E-state index contributed by atoms with van der Waals surface area (Å²) in [6, 6.07) is -0.570. The zero-order valence-corrected chi connectivity index (χ0v) is 9.10. The van der Waals surface area contributed by atoms with Crippen LogP contribution in [0.15, 0.2) is 24.8 Å². The van der Waals surface area contributed by atoms with E-state index in [1.54, 1.807) is 0 Å². The summed E-state index contributed by atoms with van der Waals surface area (Å²) in [5.74, 6) is -0.989. The van der Waals surface area contributed by atoms with Crippen molar-refractivity contribution in [1.82, 2.24) is 10.2 Å². The van der Waals surface area contributed by atoms with Crippen LogP contribution in [0.2, 0.25) is 0 Å². The molecular weight excluding hydrogens is 208 g/mol. The molecule has 0 aromatic heterocycles. The standard InChI is InChI=1S/C11H14N2O3/c1-3-4-5-10(15)13(2)8-6-7-9(14)12-11(8)16/h3-5,8H,1,6-7H2,2H3,(H,12,14,16)/b5-4-. The minimum atomic E-state index is -0.570. The number of likely N-dealkylation sites (N-methyl/N-ethyl adjacent to an activating group) is 1. The van der Waals surface area contributed by atoms with E-state index in [0.717, 1.165) is 0 Å². The van der Waals surface area contributed by atoms with Crippen molar-refractivity contribution in [3.8, 4) is 0 Å². The molecule has 86 valence electrons. The maximum atomic E-state index is 11.6. The number of piperidine rings is 1. The fraction of sp³-hybridized carbons (Fsp3) is 0.364. The van der Waals surface area contributed by atoms with Crippen LogP contribution in [0.4, 0.5) is 0 Å². The number of allylic oxidation sites excluding steroid dienone is 2. The van der Waals surface area contributed by atoms with Crippen LogP contribution in [0.1, 0.15) is 12.8 Å². The topological polar surface area (TPSA) is 66.5 Å². The monoisotopic (exact) mass is 222 g/mol. The number of hydrogen-bond acceptors (Lipinski definition) is 3. The van der Waals surface area contributed by atoms with Gasteiger partial charge in [0.2, 0.25) is 17.7 Å². The molecule has 0 aromatic rings. The lowest BCUT2D eigenvalue weighted by atomic mass is 10.0. The Hall–Kier alpha value is -1.91. The SMILES string of the molecule is C=C/C=C\C(=O)N(C)C1CCC(=O)NC1=O. The fourth-order valence-corrected chi connectivity index (χ4v) is 1.47. The summed E-state index contributed by atoms with van der Waals surface area (Å²) >= 11 is 0. The summed E-state index contributed by atoms with van der Waals surface area (Å²) in [6.45, 7) is 3.45. The van der Waals surface area contributed by atoms with Crippen LogP contribution in [0.25, 0.3) is 0 Å². The Morgan fingerprint density at radius 1 is 1.56 bits per heavy atom. The van der Waals surface area contributed by atoms with Gasteiger partial charge in [0.25, 0.3) is 0 Å². The molecule has 0 radical (unpaired) electrons. The molecule has 0 bridgehead atoms. The Balaban J connectivity index is 2.66. The number of carbonyl (C=O) groups is 3. The summed E-state index contributed by atoms with van der Waals surface area (Å²) in [5, 5.41) is 2.21. The van der Waals surface area contributed by atoms with Crippen molar-refractivity contribution in [3.05, 3.63) is 24.8 Å². The molecule has 0 aliphatic carbocycles. The summed E-state index contributed by atoms with van der Waals surface area (Å²) in [5.41, 5.74) is 0. The molecular formula is C11H14N2O3. The second kappa shape index (κ2) is 5.25. The molecule has 1 fully saturated rings. The first-order chi connectivity index (χ1) is 7.56. The molecule has 3 amide bonds. The first-order valence-electron chi connectivity index (χ1n) is 4.96. The van der Waals surface area contributed by atoms with Crippen molar-refractivity contribution in [2.75, 3.05) is 7.05 Å². The molecule has 0 spiro atoms. The van der Waals surface area contributed by atoms with Gasteiger partial charge < -0.3 is 4.90 Å². The van der Waals surface area contributed by atoms with Crippen molar-refractivity contribution in [2.45, 2.75) is 18.9 Å². The van der Waals surface area contributed by atoms with Crippen LogP contribution < -0.4 is 5.32 Å². The molecule has 5 heteroatoms. The van der Waals surface area contributed by atoms with E-state index in [4.69, 9.17) is 0 Å². The van der Waals surface area contributed by atoms with E-state index in [1.165, 1.54) is 30.2 Å². The minimum Gasteiger partial charge on any atom is -0.330 e. The maximum Gasteiger partial charge on any atom is 0.249 e. The van der Waals surface area contributed by atoms with E-state index in [-0.39, 0.29) is 18.2 Å². The fourth-order valence-electron chi connectivity index (χ4n) is 1.47. The highest BCUT2D eigenvalue weighted by Gasteiger charge is 2.31. The third-order valence-electron chi connectivity index (χ3n) is 2.40. The lowest BCUT2D eigenvalue weighted by Crippen LogP contribution is -2.52. The van der Waals surface area contributed by atoms with Gasteiger partial charge in [0.1, 0.15) is 6.04 Å². The molecule has 1 aliphatic rings. The third-order valence-corrected chi connectivity index (χ3v) is 2.40. The molecule has 0 aromatic carbocycles. The van der Waals surface area contributed by atoms with Crippen LogP contribution in [0.3, 0.4) is 0 Å². The van der Waals surface area contributed by atoms with E-state index in [0.29, 0.717) is 6.42 Å². The van der Waals surface area contributed by atoms with E-state index in [2.05, 4.69) is 11.9 Å². The highest BCUT2D eigenvalue weighted by atomic mass is 16.2. The van der Waals surface area contributed by atoms with Gasteiger partial charge in [-0.3, -0.25) is 19.7 Å². The zero-order valence-electron chi connectivity index (χ0n) is 9.10. The van der Waals surface area contributed by atoms with Crippen LogP contribution in [-0.2, 0) is 14.4 Å². The van der Waals surface area contributed by atoms with Crippen LogP contribution in [0, 0.1) is 0 Å². The predicted molar refractivity (Wildman–Crippen MR) is 58.3 cm³/mol. The van der Waals surface area contributed by atoms with Crippen LogP contribution in [-0.4, -0.2) is 35.7 Å². The van der Waals surface area contributed by atoms with Gasteiger partial charge in [0.15, 0.2) is 0 Å². The largest absolute Gasteiger partial charge is 0.330 e. The average Bonchev–Trinajstić information content (AvgIpc) is 2.25. The molecule has 1 atom stereocenters. The van der Waals surface area contributed by atoms with Gasteiger partial charge in [-0.25, -0.2) is 0 Å². The van der Waals surface area contributed by atoms with Crippen molar-refractivity contribution in [2.24, 2.45) is 0 Å². The van der Waals surface area contributed by atoms with E-state index >= 15 is 0 Å². The summed E-state index contributed by atoms with van der Waals surface area (Å²) in [4.78, 5) is 35.3. The summed E-state index contributed by atoms with van der Waals surface area (Å²) in [6.07, 6.45) is 4.95. The van der Waals surface area contributed by atoms with Gasteiger partial charge in [-0.1, -0.05) is 18.7 Å². The number of carbonyl (C=O) groups excluding carboxylic acids is 3. The first kappa shape index (κ1) is 12.2. The molecule has 1 saturated heterocycles. The highest BCUT2D eigenvalue weighted by Crippen LogP contribution is 2.11. The van der Waals surface area contributed by atoms with Gasteiger partial charge in [0.05, 0.1) is 0 Å². The number of hydrogen-bond donors (Lipinski definition) is 1. The second-order valence-electron chi connectivity index (χ2n) is 3.51. The summed E-state index contributed by atoms with van der Waals surface area (Å²) in [7, 11) is 1.54. The van der Waals surface area contributed by atoms with Gasteiger partial charge in [-0.15, -0.1) is 0 Å². The van der Waals surface area contributed by atoms with Gasteiger partial charge in [-0.2, -0.15) is 0 Å². The number of amides is 3. The normalized spacial score (nSPS) is 20.7. The number of imide groups is 1. The Bertz CT molecular complexity index is 360. The number of rotatable bonds is 3. The molecule has 16 heavy (non-hydrogen) atoms. The lowest BCUT2D eigenvalue weighted by molar-refractivity contribution is -0.142. The molecule has 1 rings (SSSR count). The molecule has 5 nitrogen and oxygen atoms in total. The summed E-state index contributed by atoms with van der Waals surface area (Å²) < 4.78 is 0. The van der Waals surface area contributed by atoms with Crippen molar-refractivity contribution in [1.29, 1.82) is 0 Å². The number of nitrogens with one attached hydrogen (secondary N) is 1. The lowest BCUT2D eigenvalue weighted by Gasteiger charge is -2.28. The van der Waals surface area contributed by atoms with Gasteiger partial charge in [0, 0.05) is 19.5 Å². The Morgan fingerprint density at radius 2 is 2.25 bits per heavy atom. The predicted octanol–water partition coefficient (Wildman–Crippen LogP) is -0.00780. The van der Waals surface area contributed by atoms with Crippen LogP contribution in [0.5, 0.6) is 0 Å².